The zero-order chi connectivity index (χ0) is 17.9. The van der Waals surface area contributed by atoms with Crippen LogP contribution in [0.5, 0.6) is 0 Å². The molecule has 4 rings (SSSR count). The van der Waals surface area contributed by atoms with Crippen LogP contribution >= 0.6 is 0 Å². The largest absolute Gasteiger partial charge is 0.338 e. The molecule has 1 N–H and O–H groups in total. The fourth-order valence-electron chi connectivity index (χ4n) is 3.59. The Morgan fingerprint density at radius 1 is 1.00 bits per heavy atom. The molecule has 0 saturated carbocycles. The minimum atomic E-state index is 0.222. The number of nitrogens with one attached hydrogen (secondary N) is 1. The van der Waals surface area contributed by atoms with Crippen molar-refractivity contribution >= 4 is 11.5 Å². The number of nitrogens with zero attached hydrogens (tertiary/aromatic N) is 5. The standard InChI is InChI=1S/C20H18N6/c21-10-16(11-22)19-4-2-15-9-14(1-3-18(15)19)17-12-24-20(25-13-17)26-7-5-23-6-8-26/h1,3,9,12-13,23H,2,4-8H2. The van der Waals surface area contributed by atoms with Gasteiger partial charge in [-0.1, -0.05) is 18.2 Å². The lowest BCUT2D eigenvalue weighted by atomic mass is 9.99. The molecule has 2 aliphatic rings. The average molecular weight is 342 g/mol. The summed E-state index contributed by atoms with van der Waals surface area (Å²) in [4.78, 5) is 11.3. The third-order valence-electron chi connectivity index (χ3n) is 4.97. The fraction of sp³-hybridized carbons (Fsp3) is 0.300. The van der Waals surface area contributed by atoms with Crippen LogP contribution in [0, 0.1) is 22.7 Å². The Labute approximate surface area is 152 Å². The van der Waals surface area contributed by atoms with E-state index in [1.54, 1.807) is 0 Å². The van der Waals surface area contributed by atoms with Crippen LogP contribution in [0.4, 0.5) is 5.95 Å². The highest BCUT2D eigenvalue weighted by molar-refractivity contribution is 5.82. The molecule has 1 saturated heterocycles. The first kappa shape index (κ1) is 16.3. The molecular formula is C20H18N6. The molecule has 6 heteroatoms. The van der Waals surface area contributed by atoms with Crippen LogP contribution in [-0.2, 0) is 6.42 Å². The monoisotopic (exact) mass is 342 g/mol. The van der Waals surface area contributed by atoms with E-state index in [-0.39, 0.29) is 5.57 Å². The summed E-state index contributed by atoms with van der Waals surface area (Å²) < 4.78 is 0. The number of anilines is 1. The smallest absolute Gasteiger partial charge is 0.225 e. The summed E-state index contributed by atoms with van der Waals surface area (Å²) in [6.07, 6.45) is 5.33. The first-order valence-corrected chi connectivity index (χ1v) is 8.75. The van der Waals surface area contributed by atoms with Crippen LogP contribution in [0.1, 0.15) is 17.5 Å². The number of allylic oxidation sites excluding steroid dienone is 2. The number of nitriles is 2. The molecule has 6 nitrogen and oxygen atoms in total. The molecule has 0 atom stereocenters. The van der Waals surface area contributed by atoms with Crippen molar-refractivity contribution < 1.29 is 0 Å². The molecule has 1 aromatic carbocycles. The number of fused-ring (bicyclic) bond motifs is 1. The molecule has 26 heavy (non-hydrogen) atoms. The van der Waals surface area contributed by atoms with Gasteiger partial charge in [-0.25, -0.2) is 9.97 Å². The maximum absolute atomic E-state index is 9.12. The second-order valence-electron chi connectivity index (χ2n) is 6.46. The normalized spacial score (nSPS) is 15.9. The van der Waals surface area contributed by atoms with Crippen LogP contribution in [0.3, 0.4) is 0 Å². The van der Waals surface area contributed by atoms with Crippen LogP contribution in [-0.4, -0.2) is 36.1 Å². The molecule has 1 fully saturated rings. The van der Waals surface area contributed by atoms with Gasteiger partial charge in [-0.2, -0.15) is 10.5 Å². The van der Waals surface area contributed by atoms with Gasteiger partial charge in [0.25, 0.3) is 0 Å². The van der Waals surface area contributed by atoms with Crippen molar-refractivity contribution in [3.63, 3.8) is 0 Å². The number of aromatic nitrogens is 2. The predicted molar refractivity (Wildman–Crippen MR) is 99.0 cm³/mol. The minimum Gasteiger partial charge on any atom is -0.338 e. The van der Waals surface area contributed by atoms with Gasteiger partial charge in [0, 0.05) is 44.1 Å². The first-order valence-electron chi connectivity index (χ1n) is 8.75. The Balaban J connectivity index is 1.61. The van der Waals surface area contributed by atoms with Gasteiger partial charge >= 0.3 is 0 Å². The van der Waals surface area contributed by atoms with Crippen molar-refractivity contribution in [2.75, 3.05) is 31.1 Å². The Hall–Kier alpha value is -3.22. The summed E-state index contributed by atoms with van der Waals surface area (Å²) in [5, 5.41) is 21.6. The van der Waals surface area contributed by atoms with Gasteiger partial charge in [-0.05, 0) is 35.1 Å². The van der Waals surface area contributed by atoms with Gasteiger partial charge in [0.1, 0.15) is 17.7 Å². The molecular weight excluding hydrogens is 324 g/mol. The van der Waals surface area contributed by atoms with E-state index in [1.165, 1.54) is 5.56 Å². The highest BCUT2D eigenvalue weighted by atomic mass is 15.3. The molecule has 0 unspecified atom stereocenters. The quantitative estimate of drug-likeness (QED) is 0.843. The van der Waals surface area contributed by atoms with Gasteiger partial charge in [-0.15, -0.1) is 0 Å². The van der Waals surface area contributed by atoms with Gasteiger partial charge in [0.05, 0.1) is 0 Å². The third kappa shape index (κ3) is 2.92. The predicted octanol–water partition coefficient (Wildman–Crippen LogP) is 2.30. The second kappa shape index (κ2) is 6.95. The molecule has 2 aromatic rings. The molecule has 0 bridgehead atoms. The summed E-state index contributed by atoms with van der Waals surface area (Å²) >= 11 is 0. The molecule has 1 aromatic heterocycles. The average Bonchev–Trinajstić information content (AvgIpc) is 3.13. The van der Waals surface area contributed by atoms with E-state index in [0.29, 0.717) is 0 Å². The number of aryl methyl sites for hydroxylation is 1. The zero-order valence-corrected chi connectivity index (χ0v) is 14.4. The molecule has 1 aliphatic carbocycles. The van der Waals surface area contributed by atoms with Gasteiger partial charge in [0.15, 0.2) is 0 Å². The lowest BCUT2D eigenvalue weighted by Crippen LogP contribution is -2.44. The Morgan fingerprint density at radius 3 is 2.42 bits per heavy atom. The number of hydrogen-bond acceptors (Lipinski definition) is 6. The lowest BCUT2D eigenvalue weighted by Gasteiger charge is -2.27. The van der Waals surface area contributed by atoms with Crippen molar-refractivity contribution in [2.45, 2.75) is 12.8 Å². The SMILES string of the molecule is N#CC(C#N)=C1CCc2cc(-c3cnc(N4CCNCC4)nc3)ccc21. The molecule has 0 spiro atoms. The van der Waals surface area contributed by atoms with E-state index < -0.39 is 0 Å². The van der Waals surface area contributed by atoms with Gasteiger partial charge in [0.2, 0.25) is 5.95 Å². The second-order valence-corrected chi connectivity index (χ2v) is 6.46. The van der Waals surface area contributed by atoms with Crippen molar-refractivity contribution in [2.24, 2.45) is 0 Å². The maximum Gasteiger partial charge on any atom is 0.225 e. The molecule has 128 valence electrons. The highest BCUT2D eigenvalue weighted by Crippen LogP contribution is 2.36. The van der Waals surface area contributed by atoms with E-state index in [2.05, 4.69) is 26.3 Å². The molecule has 2 heterocycles. The maximum atomic E-state index is 9.12. The summed E-state index contributed by atoms with van der Waals surface area (Å²) in [7, 11) is 0. The summed E-state index contributed by atoms with van der Waals surface area (Å²) in [5.74, 6) is 0.773. The Kier molecular flexibility index (Phi) is 4.35. The Bertz CT molecular complexity index is 924. The van der Waals surface area contributed by atoms with Crippen molar-refractivity contribution in [1.82, 2.24) is 15.3 Å². The number of hydrogen-bond donors (Lipinski definition) is 1. The van der Waals surface area contributed by atoms with E-state index in [1.807, 2.05) is 36.7 Å². The van der Waals surface area contributed by atoms with Crippen LogP contribution in [0.15, 0.2) is 36.2 Å². The molecule has 0 radical (unpaired) electrons. The van der Waals surface area contributed by atoms with E-state index >= 15 is 0 Å². The van der Waals surface area contributed by atoms with Crippen molar-refractivity contribution in [3.05, 3.63) is 47.3 Å². The van der Waals surface area contributed by atoms with E-state index in [9.17, 15) is 0 Å². The first-order chi connectivity index (χ1) is 12.8. The van der Waals surface area contributed by atoms with Gasteiger partial charge < -0.3 is 10.2 Å². The topological polar surface area (TPSA) is 88.6 Å². The highest BCUT2D eigenvalue weighted by Gasteiger charge is 2.21. The summed E-state index contributed by atoms with van der Waals surface area (Å²) in [6, 6.07) is 10.2. The molecule has 1 aliphatic heterocycles. The number of rotatable bonds is 2. The van der Waals surface area contributed by atoms with E-state index in [0.717, 1.165) is 67.2 Å². The van der Waals surface area contributed by atoms with Crippen LogP contribution in [0.25, 0.3) is 16.7 Å². The lowest BCUT2D eigenvalue weighted by molar-refractivity contribution is 0.580. The summed E-state index contributed by atoms with van der Waals surface area (Å²) in [5.41, 5.74) is 5.32. The van der Waals surface area contributed by atoms with Crippen molar-refractivity contribution in [3.8, 4) is 23.3 Å². The Morgan fingerprint density at radius 2 is 1.73 bits per heavy atom. The zero-order valence-electron chi connectivity index (χ0n) is 14.4. The fourth-order valence-corrected chi connectivity index (χ4v) is 3.59. The van der Waals surface area contributed by atoms with Gasteiger partial charge in [-0.3, -0.25) is 0 Å². The molecule has 0 amide bonds. The van der Waals surface area contributed by atoms with Crippen LogP contribution < -0.4 is 10.2 Å². The van der Waals surface area contributed by atoms with E-state index in [4.69, 9.17) is 10.5 Å². The van der Waals surface area contributed by atoms with Crippen LogP contribution in [0.2, 0.25) is 0 Å². The summed E-state index contributed by atoms with van der Waals surface area (Å²) in [6.45, 7) is 3.76. The number of benzene rings is 1. The minimum absolute atomic E-state index is 0.222. The number of piperazine rings is 1. The third-order valence-corrected chi connectivity index (χ3v) is 4.97. The van der Waals surface area contributed by atoms with Crippen molar-refractivity contribution in [1.29, 1.82) is 10.5 Å².